The average Bonchev–Trinajstić information content (AvgIpc) is 2.70. The Labute approximate surface area is 167 Å². The summed E-state index contributed by atoms with van der Waals surface area (Å²) in [5, 5.41) is 0. The average molecular weight is 385 g/mol. The number of amides is 1. The van der Waals surface area contributed by atoms with Crippen LogP contribution in [0.2, 0.25) is 0 Å². The van der Waals surface area contributed by atoms with E-state index in [1.54, 1.807) is 0 Å². The first kappa shape index (κ1) is 24.4. The van der Waals surface area contributed by atoms with Crippen LogP contribution in [0.25, 0.3) is 0 Å². The Balaban J connectivity index is 0.00000176. The summed E-state index contributed by atoms with van der Waals surface area (Å²) in [6.45, 7) is 15.2. The highest BCUT2D eigenvalue weighted by molar-refractivity contribution is 5.77. The number of rotatable bonds is 9. The highest BCUT2D eigenvalue weighted by atomic mass is 16.5. The van der Waals surface area contributed by atoms with Gasteiger partial charge in [0.2, 0.25) is 5.91 Å². The molecule has 2 rings (SSSR count). The quantitative estimate of drug-likeness (QED) is 0.569. The SMILES string of the molecule is CC.CC(C)C1CCN(C(=O)COCCCOCC2CCN(C)CC2)CC1. The van der Waals surface area contributed by atoms with Crippen molar-refractivity contribution in [3.8, 4) is 0 Å². The Morgan fingerprint density at radius 3 is 2.15 bits per heavy atom. The van der Waals surface area contributed by atoms with Crippen molar-refractivity contribution in [2.75, 3.05) is 59.7 Å². The van der Waals surface area contributed by atoms with Gasteiger partial charge in [0.25, 0.3) is 0 Å². The maximum atomic E-state index is 12.2. The van der Waals surface area contributed by atoms with Crippen LogP contribution >= 0.6 is 0 Å². The van der Waals surface area contributed by atoms with E-state index < -0.39 is 0 Å². The maximum Gasteiger partial charge on any atom is 0.248 e. The van der Waals surface area contributed by atoms with Crippen LogP contribution in [0.15, 0.2) is 0 Å². The molecule has 0 aromatic heterocycles. The number of nitrogens with zero attached hydrogens (tertiary/aromatic N) is 2. The van der Waals surface area contributed by atoms with Crippen LogP contribution in [0.5, 0.6) is 0 Å². The van der Waals surface area contributed by atoms with E-state index in [9.17, 15) is 4.79 Å². The minimum Gasteiger partial charge on any atom is -0.381 e. The third-order valence-corrected chi connectivity index (χ3v) is 5.83. The van der Waals surface area contributed by atoms with Crippen LogP contribution in [0.4, 0.5) is 0 Å². The molecule has 1 amide bonds. The van der Waals surface area contributed by atoms with Gasteiger partial charge in [0.05, 0.1) is 0 Å². The first-order valence-corrected chi connectivity index (χ1v) is 11.2. The van der Waals surface area contributed by atoms with Gasteiger partial charge in [-0.25, -0.2) is 0 Å². The number of hydrogen-bond acceptors (Lipinski definition) is 4. The summed E-state index contributed by atoms with van der Waals surface area (Å²) < 4.78 is 11.3. The van der Waals surface area contributed by atoms with Crippen LogP contribution < -0.4 is 0 Å². The molecular formula is C22H44N2O3. The fraction of sp³-hybridized carbons (Fsp3) is 0.955. The summed E-state index contributed by atoms with van der Waals surface area (Å²) in [5.41, 5.74) is 0. The van der Waals surface area contributed by atoms with Gasteiger partial charge in [0, 0.05) is 32.9 Å². The molecule has 0 bridgehead atoms. The van der Waals surface area contributed by atoms with E-state index in [4.69, 9.17) is 9.47 Å². The first-order chi connectivity index (χ1) is 13.1. The Kier molecular flexibility index (Phi) is 13.0. The number of hydrogen-bond donors (Lipinski definition) is 0. The van der Waals surface area contributed by atoms with Crippen molar-refractivity contribution in [1.82, 2.24) is 9.80 Å². The summed E-state index contributed by atoms with van der Waals surface area (Å²) >= 11 is 0. The van der Waals surface area contributed by atoms with E-state index >= 15 is 0 Å². The van der Waals surface area contributed by atoms with Gasteiger partial charge in [-0.15, -0.1) is 0 Å². The summed E-state index contributed by atoms with van der Waals surface area (Å²) in [6.07, 6.45) is 5.63. The van der Waals surface area contributed by atoms with Crippen molar-refractivity contribution < 1.29 is 14.3 Å². The smallest absolute Gasteiger partial charge is 0.248 e. The molecule has 0 aromatic carbocycles. The molecule has 0 aliphatic carbocycles. The summed E-state index contributed by atoms with van der Waals surface area (Å²) in [5.74, 6) is 2.36. The van der Waals surface area contributed by atoms with Gasteiger partial charge in [0.15, 0.2) is 0 Å². The molecular weight excluding hydrogens is 340 g/mol. The lowest BCUT2D eigenvalue weighted by Crippen LogP contribution is -2.41. The third-order valence-electron chi connectivity index (χ3n) is 5.83. The van der Waals surface area contributed by atoms with E-state index in [-0.39, 0.29) is 12.5 Å². The second-order valence-electron chi connectivity index (χ2n) is 8.19. The molecule has 2 heterocycles. The minimum atomic E-state index is 0.148. The molecule has 0 atom stereocenters. The maximum absolute atomic E-state index is 12.2. The van der Waals surface area contributed by atoms with E-state index in [0.29, 0.717) is 12.5 Å². The second-order valence-corrected chi connectivity index (χ2v) is 8.19. The van der Waals surface area contributed by atoms with E-state index in [1.165, 1.54) is 25.9 Å². The van der Waals surface area contributed by atoms with Crippen LogP contribution in [0.3, 0.4) is 0 Å². The molecule has 2 fully saturated rings. The highest BCUT2D eigenvalue weighted by Crippen LogP contribution is 2.24. The topological polar surface area (TPSA) is 42.0 Å². The Hall–Kier alpha value is -0.650. The normalized spacial score (nSPS) is 19.9. The minimum absolute atomic E-state index is 0.148. The molecule has 0 unspecified atom stereocenters. The van der Waals surface area contributed by atoms with Gasteiger partial charge in [-0.2, -0.15) is 0 Å². The van der Waals surface area contributed by atoms with Gasteiger partial charge in [0.1, 0.15) is 6.61 Å². The van der Waals surface area contributed by atoms with Crippen molar-refractivity contribution in [3.05, 3.63) is 0 Å². The van der Waals surface area contributed by atoms with Crippen molar-refractivity contribution in [3.63, 3.8) is 0 Å². The van der Waals surface area contributed by atoms with Crippen molar-refractivity contribution in [2.45, 2.75) is 59.8 Å². The summed E-state index contributed by atoms with van der Waals surface area (Å²) in [7, 11) is 2.18. The molecule has 0 aromatic rings. The van der Waals surface area contributed by atoms with Crippen LogP contribution in [0.1, 0.15) is 59.8 Å². The van der Waals surface area contributed by atoms with Gasteiger partial charge in [-0.3, -0.25) is 4.79 Å². The zero-order valence-corrected chi connectivity index (χ0v) is 18.5. The van der Waals surface area contributed by atoms with Crippen molar-refractivity contribution >= 4 is 5.91 Å². The fourth-order valence-electron chi connectivity index (χ4n) is 3.81. The predicted molar refractivity (Wildman–Crippen MR) is 112 cm³/mol. The summed E-state index contributed by atoms with van der Waals surface area (Å²) in [4.78, 5) is 16.5. The van der Waals surface area contributed by atoms with Crippen LogP contribution in [-0.2, 0) is 14.3 Å². The van der Waals surface area contributed by atoms with Gasteiger partial charge in [-0.05, 0) is 70.0 Å². The first-order valence-electron chi connectivity index (χ1n) is 11.2. The Morgan fingerprint density at radius 2 is 1.56 bits per heavy atom. The lowest BCUT2D eigenvalue weighted by atomic mass is 9.87. The monoisotopic (exact) mass is 384 g/mol. The van der Waals surface area contributed by atoms with Crippen molar-refractivity contribution in [2.24, 2.45) is 17.8 Å². The largest absolute Gasteiger partial charge is 0.381 e. The number of ether oxygens (including phenoxy) is 2. The third kappa shape index (κ3) is 9.91. The molecule has 27 heavy (non-hydrogen) atoms. The molecule has 160 valence electrons. The molecule has 0 spiro atoms. The molecule has 2 saturated heterocycles. The van der Waals surface area contributed by atoms with E-state index in [0.717, 1.165) is 57.4 Å². The molecule has 5 heteroatoms. The molecule has 2 aliphatic rings. The number of piperidine rings is 2. The van der Waals surface area contributed by atoms with Gasteiger partial charge in [-0.1, -0.05) is 27.7 Å². The number of carbonyl (C=O) groups is 1. The zero-order valence-electron chi connectivity index (χ0n) is 18.5. The fourth-order valence-corrected chi connectivity index (χ4v) is 3.81. The predicted octanol–water partition coefficient (Wildman–Crippen LogP) is 3.67. The highest BCUT2D eigenvalue weighted by Gasteiger charge is 2.24. The molecule has 0 radical (unpaired) electrons. The zero-order chi connectivity index (χ0) is 20.1. The lowest BCUT2D eigenvalue weighted by Gasteiger charge is -2.33. The lowest BCUT2D eigenvalue weighted by molar-refractivity contribution is -0.137. The molecule has 2 aliphatic heterocycles. The number of carbonyl (C=O) groups excluding carboxylic acids is 1. The number of likely N-dealkylation sites (tertiary alicyclic amines) is 2. The van der Waals surface area contributed by atoms with Crippen LogP contribution in [0, 0.1) is 17.8 Å². The van der Waals surface area contributed by atoms with Gasteiger partial charge >= 0.3 is 0 Å². The van der Waals surface area contributed by atoms with E-state index in [1.807, 2.05) is 18.7 Å². The van der Waals surface area contributed by atoms with Crippen molar-refractivity contribution in [1.29, 1.82) is 0 Å². The Bertz CT molecular complexity index is 374. The summed E-state index contributed by atoms with van der Waals surface area (Å²) in [6, 6.07) is 0. The second kappa shape index (κ2) is 14.4. The molecule has 0 saturated carbocycles. The van der Waals surface area contributed by atoms with Crippen LogP contribution in [-0.4, -0.2) is 75.4 Å². The van der Waals surface area contributed by atoms with Gasteiger partial charge < -0.3 is 19.3 Å². The standard InChI is InChI=1S/C20H38N2O3.C2H6/c1-17(2)19-7-11-22(12-8-19)20(23)16-25-14-4-13-24-15-18-5-9-21(3)10-6-18;1-2/h17-19H,4-16H2,1-3H3;1-2H3. The molecule has 5 nitrogen and oxygen atoms in total. The van der Waals surface area contributed by atoms with E-state index in [2.05, 4.69) is 25.8 Å². The Morgan fingerprint density at radius 1 is 0.963 bits per heavy atom. The molecule has 0 N–H and O–H groups in total.